The molecule has 180 valence electrons. The lowest BCUT2D eigenvalue weighted by Gasteiger charge is -2.08. The van der Waals surface area contributed by atoms with Gasteiger partial charge in [-0.15, -0.1) is 0 Å². The summed E-state index contributed by atoms with van der Waals surface area (Å²) in [5.41, 5.74) is 6.19. The van der Waals surface area contributed by atoms with Gasteiger partial charge in [0.1, 0.15) is 11.2 Å². The first-order chi connectivity index (χ1) is 18.7. The van der Waals surface area contributed by atoms with Crippen molar-refractivity contribution in [2.45, 2.75) is 0 Å². The Kier molecular flexibility index (Phi) is 5.46. The van der Waals surface area contributed by atoms with Crippen LogP contribution in [0.2, 0.25) is 5.02 Å². The van der Waals surface area contributed by atoms with Crippen molar-refractivity contribution >= 4 is 33.5 Å². The monoisotopic (exact) mass is 509 g/mol. The third kappa shape index (κ3) is 3.92. The largest absolute Gasteiger partial charge is 0.455 e. The molecule has 0 aliphatic heterocycles. The molecule has 0 aliphatic rings. The summed E-state index contributed by atoms with van der Waals surface area (Å²) in [5, 5.41) is 2.72. The first kappa shape index (κ1) is 22.4. The van der Waals surface area contributed by atoms with Crippen molar-refractivity contribution in [1.82, 2.24) is 15.0 Å². The van der Waals surface area contributed by atoms with Crippen LogP contribution < -0.4 is 0 Å². The maximum atomic E-state index is 6.61. The third-order valence-electron chi connectivity index (χ3n) is 6.60. The number of furan rings is 1. The van der Waals surface area contributed by atoms with Gasteiger partial charge < -0.3 is 4.42 Å². The summed E-state index contributed by atoms with van der Waals surface area (Å²) in [5.74, 6) is 1.79. The van der Waals surface area contributed by atoms with E-state index in [1.165, 1.54) is 0 Å². The van der Waals surface area contributed by atoms with E-state index in [2.05, 4.69) is 18.2 Å². The van der Waals surface area contributed by atoms with E-state index in [1.54, 1.807) is 0 Å². The summed E-state index contributed by atoms with van der Waals surface area (Å²) in [6, 6.07) is 40.0. The predicted octanol–water partition coefficient (Wildman–Crippen LogP) is 9.09. The quantitative estimate of drug-likeness (QED) is 0.237. The Morgan fingerprint density at radius 1 is 0.447 bits per heavy atom. The van der Waals surface area contributed by atoms with Gasteiger partial charge in [-0.2, -0.15) is 0 Å². The SMILES string of the molecule is Clc1cccc(-c2cccc3c2oc2c(-c4nc(-c5ccccc5)nc(-c5ccccc5)n4)cccc23)c1. The molecule has 0 atom stereocenters. The second kappa shape index (κ2) is 9.25. The molecule has 0 amide bonds. The standard InChI is InChI=1S/C33H20ClN3O/c34-24-15-7-14-23(20-24)25-16-8-17-26-27-18-9-19-28(30(27)38-29(25)26)33-36-31(21-10-3-1-4-11-21)35-32(37-33)22-12-5-2-6-13-22/h1-20H. The van der Waals surface area contributed by atoms with Gasteiger partial charge >= 0.3 is 0 Å². The van der Waals surface area contributed by atoms with Crippen LogP contribution in [0.15, 0.2) is 126 Å². The average molecular weight is 510 g/mol. The van der Waals surface area contributed by atoms with Crippen molar-refractivity contribution in [1.29, 1.82) is 0 Å². The molecule has 0 radical (unpaired) electrons. The molecule has 0 saturated carbocycles. The zero-order valence-corrected chi connectivity index (χ0v) is 20.9. The van der Waals surface area contributed by atoms with E-state index in [-0.39, 0.29) is 0 Å². The number of rotatable bonds is 4. The fraction of sp³-hybridized carbons (Fsp3) is 0. The van der Waals surface area contributed by atoms with E-state index in [9.17, 15) is 0 Å². The molecule has 0 fully saturated rings. The molecular formula is C33H20ClN3O. The van der Waals surface area contributed by atoms with Crippen LogP contribution in [0.1, 0.15) is 0 Å². The fourth-order valence-electron chi connectivity index (χ4n) is 4.81. The second-order valence-electron chi connectivity index (χ2n) is 9.02. The number of hydrogen-bond acceptors (Lipinski definition) is 4. The molecule has 5 heteroatoms. The number of para-hydroxylation sites is 2. The van der Waals surface area contributed by atoms with E-state index in [0.717, 1.165) is 49.8 Å². The average Bonchev–Trinajstić information content (AvgIpc) is 3.37. The van der Waals surface area contributed by atoms with Crippen LogP contribution in [-0.4, -0.2) is 15.0 Å². The maximum absolute atomic E-state index is 6.61. The Hall–Kier alpha value is -4.80. The zero-order chi connectivity index (χ0) is 25.5. The Morgan fingerprint density at radius 3 is 1.55 bits per heavy atom. The highest BCUT2D eigenvalue weighted by Crippen LogP contribution is 2.40. The van der Waals surface area contributed by atoms with Crippen LogP contribution in [0.3, 0.4) is 0 Å². The van der Waals surface area contributed by atoms with Crippen LogP contribution in [0.25, 0.3) is 67.2 Å². The minimum Gasteiger partial charge on any atom is -0.455 e. The van der Waals surface area contributed by atoms with E-state index < -0.39 is 0 Å². The van der Waals surface area contributed by atoms with Gasteiger partial charge in [-0.05, 0) is 23.8 Å². The first-order valence-electron chi connectivity index (χ1n) is 12.3. The predicted molar refractivity (Wildman–Crippen MR) is 154 cm³/mol. The summed E-state index contributed by atoms with van der Waals surface area (Å²) in [6.07, 6.45) is 0. The topological polar surface area (TPSA) is 51.8 Å². The molecule has 38 heavy (non-hydrogen) atoms. The van der Waals surface area contributed by atoms with Crippen LogP contribution in [-0.2, 0) is 0 Å². The molecule has 0 N–H and O–H groups in total. The Balaban J connectivity index is 1.48. The van der Waals surface area contributed by atoms with Gasteiger partial charge in [-0.25, -0.2) is 15.0 Å². The van der Waals surface area contributed by atoms with Crippen molar-refractivity contribution in [3.8, 4) is 45.3 Å². The molecule has 0 unspecified atom stereocenters. The van der Waals surface area contributed by atoms with E-state index in [4.69, 9.17) is 31.0 Å². The number of hydrogen-bond donors (Lipinski definition) is 0. The maximum Gasteiger partial charge on any atom is 0.167 e. The normalized spacial score (nSPS) is 11.3. The van der Waals surface area contributed by atoms with Gasteiger partial charge in [-0.3, -0.25) is 0 Å². The summed E-state index contributed by atoms with van der Waals surface area (Å²) in [7, 11) is 0. The van der Waals surface area contributed by atoms with Crippen molar-refractivity contribution in [3.63, 3.8) is 0 Å². The molecule has 0 saturated heterocycles. The van der Waals surface area contributed by atoms with Crippen LogP contribution >= 0.6 is 11.6 Å². The van der Waals surface area contributed by atoms with Crippen molar-refractivity contribution in [2.75, 3.05) is 0 Å². The fourth-order valence-corrected chi connectivity index (χ4v) is 5.00. The first-order valence-corrected chi connectivity index (χ1v) is 12.7. The summed E-state index contributed by atoms with van der Waals surface area (Å²) < 4.78 is 6.61. The van der Waals surface area contributed by atoms with E-state index >= 15 is 0 Å². The molecule has 0 bridgehead atoms. The van der Waals surface area contributed by atoms with E-state index in [0.29, 0.717) is 22.5 Å². The molecule has 2 heterocycles. The van der Waals surface area contributed by atoms with Crippen molar-refractivity contribution in [2.24, 2.45) is 0 Å². The lowest BCUT2D eigenvalue weighted by Crippen LogP contribution is -2.00. The van der Waals surface area contributed by atoms with Crippen LogP contribution in [0.5, 0.6) is 0 Å². The minimum absolute atomic E-state index is 0.562. The smallest absolute Gasteiger partial charge is 0.167 e. The van der Waals surface area contributed by atoms with Crippen LogP contribution in [0.4, 0.5) is 0 Å². The Labute approximate surface area is 224 Å². The van der Waals surface area contributed by atoms with Crippen molar-refractivity contribution in [3.05, 3.63) is 126 Å². The van der Waals surface area contributed by atoms with E-state index in [1.807, 2.05) is 103 Å². The van der Waals surface area contributed by atoms with Gasteiger partial charge in [0.2, 0.25) is 0 Å². The highest BCUT2D eigenvalue weighted by molar-refractivity contribution is 6.31. The highest BCUT2D eigenvalue weighted by Gasteiger charge is 2.19. The molecule has 2 aromatic heterocycles. The number of nitrogens with zero attached hydrogens (tertiary/aromatic N) is 3. The molecule has 0 aliphatic carbocycles. The number of halogens is 1. The van der Waals surface area contributed by atoms with Crippen molar-refractivity contribution < 1.29 is 4.42 Å². The zero-order valence-electron chi connectivity index (χ0n) is 20.2. The lowest BCUT2D eigenvalue weighted by molar-refractivity contribution is 0.670. The molecular weight excluding hydrogens is 490 g/mol. The summed E-state index contributed by atoms with van der Waals surface area (Å²) in [4.78, 5) is 14.6. The molecule has 5 aromatic carbocycles. The third-order valence-corrected chi connectivity index (χ3v) is 6.84. The number of benzene rings is 5. The van der Waals surface area contributed by atoms with Gasteiger partial charge in [0.15, 0.2) is 17.5 Å². The van der Waals surface area contributed by atoms with Gasteiger partial charge in [0, 0.05) is 32.5 Å². The molecule has 7 rings (SSSR count). The Morgan fingerprint density at radius 2 is 0.947 bits per heavy atom. The summed E-state index contributed by atoms with van der Waals surface area (Å²) in [6.45, 7) is 0. The Bertz CT molecular complexity index is 1870. The number of fused-ring (bicyclic) bond motifs is 3. The van der Waals surface area contributed by atoms with Gasteiger partial charge in [0.25, 0.3) is 0 Å². The van der Waals surface area contributed by atoms with Crippen LogP contribution in [0, 0.1) is 0 Å². The highest BCUT2D eigenvalue weighted by atomic mass is 35.5. The van der Waals surface area contributed by atoms with Gasteiger partial charge in [-0.1, -0.05) is 115 Å². The summed E-state index contributed by atoms with van der Waals surface area (Å²) >= 11 is 6.31. The minimum atomic E-state index is 0.562. The molecule has 0 spiro atoms. The van der Waals surface area contributed by atoms with Gasteiger partial charge in [0.05, 0.1) is 5.56 Å². The number of aromatic nitrogens is 3. The molecule has 7 aromatic rings. The lowest BCUT2D eigenvalue weighted by atomic mass is 10.0. The molecule has 4 nitrogen and oxygen atoms in total. The second-order valence-corrected chi connectivity index (χ2v) is 9.45.